The summed E-state index contributed by atoms with van der Waals surface area (Å²) in [6.07, 6.45) is 1.03. The summed E-state index contributed by atoms with van der Waals surface area (Å²) in [5.74, 6) is -0.647. The number of aryl methyl sites for hydroxylation is 1. The van der Waals surface area contributed by atoms with Gasteiger partial charge < -0.3 is 10.2 Å². The van der Waals surface area contributed by atoms with Crippen LogP contribution in [-0.2, 0) is 26.2 Å². The molecule has 1 atom stereocenters. The molecule has 7 nitrogen and oxygen atoms in total. The summed E-state index contributed by atoms with van der Waals surface area (Å²) in [6.45, 7) is 7.28. The zero-order valence-electron chi connectivity index (χ0n) is 20.0. The van der Waals surface area contributed by atoms with Crippen LogP contribution in [0.3, 0.4) is 0 Å². The van der Waals surface area contributed by atoms with E-state index in [0.717, 1.165) is 10.6 Å². The molecule has 0 radical (unpaired) electrons. The first-order valence-electron chi connectivity index (χ1n) is 10.9. The van der Waals surface area contributed by atoms with Crippen molar-refractivity contribution in [1.82, 2.24) is 10.2 Å². The van der Waals surface area contributed by atoms with Gasteiger partial charge in [0.2, 0.25) is 21.8 Å². The number of halogens is 2. The highest BCUT2D eigenvalue weighted by Crippen LogP contribution is 2.27. The molecule has 0 aliphatic rings. The Balaban J connectivity index is 2.43. The highest BCUT2D eigenvalue weighted by molar-refractivity contribution is 7.92. The largest absolute Gasteiger partial charge is 0.354 e. The van der Waals surface area contributed by atoms with E-state index in [2.05, 4.69) is 5.32 Å². The number of nitrogens with one attached hydrogen (secondary N) is 1. The third-order valence-corrected chi connectivity index (χ3v) is 7.00. The van der Waals surface area contributed by atoms with Crippen LogP contribution in [0.25, 0.3) is 0 Å². The topological polar surface area (TPSA) is 86.8 Å². The molecule has 0 saturated carbocycles. The van der Waals surface area contributed by atoms with Gasteiger partial charge in [0.1, 0.15) is 12.6 Å². The van der Waals surface area contributed by atoms with Crippen LogP contribution in [-0.4, -0.2) is 50.5 Å². The minimum Gasteiger partial charge on any atom is -0.354 e. The van der Waals surface area contributed by atoms with Gasteiger partial charge in [-0.1, -0.05) is 61.3 Å². The number of hydrogen-bond donors (Lipinski definition) is 1. The Morgan fingerprint density at radius 1 is 1.06 bits per heavy atom. The molecule has 0 aromatic heterocycles. The van der Waals surface area contributed by atoms with Gasteiger partial charge in [0.25, 0.3) is 0 Å². The lowest BCUT2D eigenvalue weighted by Crippen LogP contribution is -2.51. The number of rotatable bonds is 10. The molecule has 0 aliphatic carbocycles. The van der Waals surface area contributed by atoms with E-state index in [-0.39, 0.29) is 18.4 Å². The molecule has 10 heteroatoms. The number of benzene rings is 2. The second kappa shape index (κ2) is 11.9. The standard InChI is InChI=1S/C24H31Cl2N3O4S/c1-16(2)13-27-24(31)18(4)28(14-19-8-6-7-9-21(19)26)23(30)15-29(34(5,32)33)22-12-20(25)11-10-17(22)3/h6-12,16,18H,13-15H2,1-5H3,(H,27,31). The lowest BCUT2D eigenvalue weighted by atomic mass is 10.1. The van der Waals surface area contributed by atoms with E-state index in [1.54, 1.807) is 50.2 Å². The maximum Gasteiger partial charge on any atom is 0.244 e. The van der Waals surface area contributed by atoms with Crippen molar-refractivity contribution in [2.24, 2.45) is 5.92 Å². The Bertz CT molecular complexity index is 1140. The third-order valence-electron chi connectivity index (χ3n) is 5.27. The fourth-order valence-corrected chi connectivity index (χ4v) is 4.55. The van der Waals surface area contributed by atoms with Gasteiger partial charge >= 0.3 is 0 Å². The Morgan fingerprint density at radius 3 is 2.29 bits per heavy atom. The maximum atomic E-state index is 13.5. The summed E-state index contributed by atoms with van der Waals surface area (Å²) < 4.78 is 26.3. The monoisotopic (exact) mass is 527 g/mol. The lowest BCUT2D eigenvalue weighted by Gasteiger charge is -2.32. The molecule has 2 aromatic rings. The van der Waals surface area contributed by atoms with Gasteiger partial charge in [0.15, 0.2) is 0 Å². The van der Waals surface area contributed by atoms with Crippen LogP contribution in [0.1, 0.15) is 31.9 Å². The second-order valence-electron chi connectivity index (χ2n) is 8.63. The average Bonchev–Trinajstić information content (AvgIpc) is 2.75. The van der Waals surface area contributed by atoms with Gasteiger partial charge in [0, 0.05) is 23.1 Å². The predicted molar refractivity (Wildman–Crippen MR) is 138 cm³/mol. The van der Waals surface area contributed by atoms with Crippen LogP contribution >= 0.6 is 23.2 Å². The molecule has 0 fully saturated rings. The third kappa shape index (κ3) is 7.61. The number of amides is 2. The fourth-order valence-electron chi connectivity index (χ4n) is 3.29. The molecule has 186 valence electrons. The first kappa shape index (κ1) is 28.0. The molecule has 1 N–H and O–H groups in total. The number of anilines is 1. The van der Waals surface area contributed by atoms with Crippen LogP contribution in [0.15, 0.2) is 42.5 Å². The Kier molecular flexibility index (Phi) is 9.79. The highest BCUT2D eigenvalue weighted by Gasteiger charge is 2.31. The molecule has 0 spiro atoms. The van der Waals surface area contributed by atoms with E-state index in [9.17, 15) is 18.0 Å². The molecule has 2 rings (SSSR count). The first-order chi connectivity index (χ1) is 15.8. The predicted octanol–water partition coefficient (Wildman–Crippen LogP) is 4.26. The molecular formula is C24H31Cl2N3O4S. The number of carbonyl (C=O) groups is 2. The maximum absolute atomic E-state index is 13.5. The molecule has 0 bridgehead atoms. The van der Waals surface area contributed by atoms with Gasteiger partial charge in [-0.25, -0.2) is 8.42 Å². The summed E-state index contributed by atoms with van der Waals surface area (Å²) in [4.78, 5) is 27.7. The van der Waals surface area contributed by atoms with Crippen LogP contribution in [0.4, 0.5) is 5.69 Å². The summed E-state index contributed by atoms with van der Waals surface area (Å²) >= 11 is 12.4. The molecule has 2 amide bonds. The summed E-state index contributed by atoms with van der Waals surface area (Å²) in [5.41, 5.74) is 1.59. The van der Waals surface area contributed by atoms with E-state index in [4.69, 9.17) is 23.2 Å². The van der Waals surface area contributed by atoms with E-state index >= 15 is 0 Å². The van der Waals surface area contributed by atoms with Crippen molar-refractivity contribution in [3.63, 3.8) is 0 Å². The van der Waals surface area contributed by atoms with Gasteiger partial charge in [0.05, 0.1) is 11.9 Å². The SMILES string of the molecule is Cc1ccc(Cl)cc1N(CC(=O)N(Cc1ccccc1Cl)C(C)C(=O)NCC(C)C)S(C)(=O)=O. The highest BCUT2D eigenvalue weighted by atomic mass is 35.5. The second-order valence-corrected chi connectivity index (χ2v) is 11.4. The lowest BCUT2D eigenvalue weighted by molar-refractivity contribution is -0.139. The van der Waals surface area contributed by atoms with Crippen LogP contribution < -0.4 is 9.62 Å². The summed E-state index contributed by atoms with van der Waals surface area (Å²) in [6, 6.07) is 11.0. The van der Waals surface area contributed by atoms with Crippen LogP contribution in [0.5, 0.6) is 0 Å². The molecular weight excluding hydrogens is 497 g/mol. The number of nitrogens with zero attached hydrogens (tertiary/aromatic N) is 2. The van der Waals surface area contributed by atoms with E-state index in [1.807, 2.05) is 13.8 Å². The minimum atomic E-state index is -3.83. The first-order valence-corrected chi connectivity index (χ1v) is 13.5. The van der Waals surface area contributed by atoms with Crippen LogP contribution in [0, 0.1) is 12.8 Å². The van der Waals surface area contributed by atoms with Gasteiger partial charge in [-0.05, 0) is 49.1 Å². The molecule has 34 heavy (non-hydrogen) atoms. The van der Waals surface area contributed by atoms with E-state index in [0.29, 0.717) is 33.4 Å². The van der Waals surface area contributed by atoms with E-state index in [1.165, 1.54) is 11.0 Å². The Hall–Kier alpha value is -2.29. The normalized spacial score (nSPS) is 12.4. The van der Waals surface area contributed by atoms with Crippen molar-refractivity contribution in [3.8, 4) is 0 Å². The summed E-state index contributed by atoms with van der Waals surface area (Å²) in [5, 5.41) is 3.62. The van der Waals surface area contributed by atoms with Crippen molar-refractivity contribution in [2.45, 2.75) is 40.3 Å². The van der Waals surface area contributed by atoms with Crippen molar-refractivity contribution in [3.05, 3.63) is 63.6 Å². The Morgan fingerprint density at radius 2 is 1.71 bits per heavy atom. The molecule has 0 aliphatic heterocycles. The summed E-state index contributed by atoms with van der Waals surface area (Å²) in [7, 11) is -3.83. The van der Waals surface area contributed by atoms with Crippen molar-refractivity contribution in [1.29, 1.82) is 0 Å². The van der Waals surface area contributed by atoms with Crippen molar-refractivity contribution >= 4 is 50.7 Å². The van der Waals surface area contributed by atoms with Crippen molar-refractivity contribution < 1.29 is 18.0 Å². The average molecular weight is 529 g/mol. The minimum absolute atomic E-state index is 0.0426. The Labute approximate surface area is 212 Å². The van der Waals surface area contributed by atoms with Gasteiger partial charge in [-0.15, -0.1) is 0 Å². The number of hydrogen-bond acceptors (Lipinski definition) is 4. The quantitative estimate of drug-likeness (QED) is 0.500. The van der Waals surface area contributed by atoms with Crippen LogP contribution in [0.2, 0.25) is 10.0 Å². The fraction of sp³-hybridized carbons (Fsp3) is 0.417. The molecule has 2 aromatic carbocycles. The number of carbonyl (C=O) groups excluding carboxylic acids is 2. The zero-order chi connectivity index (χ0) is 25.6. The molecule has 0 heterocycles. The van der Waals surface area contributed by atoms with Crippen molar-refractivity contribution in [2.75, 3.05) is 23.7 Å². The zero-order valence-corrected chi connectivity index (χ0v) is 22.3. The van der Waals surface area contributed by atoms with Gasteiger partial charge in [-0.3, -0.25) is 13.9 Å². The van der Waals surface area contributed by atoms with Gasteiger partial charge in [-0.2, -0.15) is 0 Å². The number of sulfonamides is 1. The smallest absolute Gasteiger partial charge is 0.244 e. The molecule has 0 saturated heterocycles. The van der Waals surface area contributed by atoms with E-state index < -0.39 is 28.5 Å². The molecule has 1 unspecified atom stereocenters.